The van der Waals surface area contributed by atoms with Crippen LogP contribution >= 0.6 is 23.5 Å². The second kappa shape index (κ2) is 12.2. The van der Waals surface area contributed by atoms with Crippen LogP contribution in [0.2, 0.25) is 0 Å². The van der Waals surface area contributed by atoms with Gasteiger partial charge in [0.2, 0.25) is 0 Å². The molecule has 0 spiro atoms. The molecule has 0 bridgehead atoms. The fourth-order valence-electron chi connectivity index (χ4n) is 1.88. The summed E-state index contributed by atoms with van der Waals surface area (Å²) >= 11 is 3.07. The van der Waals surface area contributed by atoms with Gasteiger partial charge in [0.1, 0.15) is 11.8 Å². The Hall–Kier alpha value is -1.22. The molecule has 0 saturated heterocycles. The Morgan fingerprint density at radius 2 is 2.28 bits per heavy atom. The molecule has 0 amide bonds. The van der Waals surface area contributed by atoms with Gasteiger partial charge in [0.05, 0.1) is 12.3 Å². The molecule has 1 aromatic carbocycles. The predicted octanol–water partition coefficient (Wildman–Crippen LogP) is 2.83. The molecule has 25 heavy (non-hydrogen) atoms. The zero-order chi connectivity index (χ0) is 18.7. The minimum absolute atomic E-state index is 0. The zero-order valence-electron chi connectivity index (χ0n) is 15.0. The summed E-state index contributed by atoms with van der Waals surface area (Å²) in [5.41, 5.74) is 6.34. The molecular formula is C17H29N3O3S2. The van der Waals surface area contributed by atoms with E-state index in [0.29, 0.717) is 18.1 Å². The zero-order valence-corrected chi connectivity index (χ0v) is 16.6. The van der Waals surface area contributed by atoms with Gasteiger partial charge in [0.15, 0.2) is 0 Å². The number of nitrogens with zero attached hydrogens (tertiary/aromatic N) is 2. The molecule has 0 radical (unpaired) electrons. The van der Waals surface area contributed by atoms with Gasteiger partial charge in [-0.1, -0.05) is 0 Å². The van der Waals surface area contributed by atoms with Crippen molar-refractivity contribution in [3.05, 3.63) is 18.2 Å². The lowest BCUT2D eigenvalue weighted by Gasteiger charge is -2.11. The highest BCUT2D eigenvalue weighted by Gasteiger charge is 2.10. The van der Waals surface area contributed by atoms with Crippen LogP contribution in [-0.2, 0) is 4.79 Å². The third kappa shape index (κ3) is 9.15. The molecule has 1 atom stereocenters. The molecule has 6 nitrogen and oxygen atoms in total. The Balaban J connectivity index is 0.00000625. The number of carboxylic acid groups (broad SMARTS) is 1. The van der Waals surface area contributed by atoms with E-state index in [9.17, 15) is 4.79 Å². The van der Waals surface area contributed by atoms with Gasteiger partial charge in [-0.25, -0.2) is 0 Å². The lowest BCUT2D eigenvalue weighted by Crippen LogP contribution is -2.32. The summed E-state index contributed by atoms with van der Waals surface area (Å²) in [5.74, 6) is 0.868. The van der Waals surface area contributed by atoms with E-state index in [2.05, 4.69) is 9.89 Å². The molecule has 0 fully saturated rings. The first-order valence-electron chi connectivity index (χ1n) is 7.98. The van der Waals surface area contributed by atoms with E-state index in [-0.39, 0.29) is 1.43 Å². The van der Waals surface area contributed by atoms with Crippen LogP contribution < -0.4 is 10.5 Å². The highest BCUT2D eigenvalue weighted by atomic mass is 32.2. The molecule has 0 aromatic heterocycles. The van der Waals surface area contributed by atoms with Crippen molar-refractivity contribution in [2.45, 2.75) is 17.4 Å². The molecule has 0 saturated carbocycles. The number of benzene rings is 1. The minimum atomic E-state index is -0.977. The van der Waals surface area contributed by atoms with Crippen molar-refractivity contribution in [2.24, 2.45) is 10.7 Å². The molecule has 0 aliphatic carbocycles. The standard InChI is InChI=1S/C17H27N3O3S2.H2/c1-20(2)8-4-9-23-13-5-6-15(16(11-13)24-3)19-7-10-25-12-14(18)17(21)22;/h5-7,11,14H,4,8-10,12,18H2,1-3H3,(H,21,22);1H. The minimum Gasteiger partial charge on any atom is -0.494 e. The van der Waals surface area contributed by atoms with Gasteiger partial charge in [-0.3, -0.25) is 9.79 Å². The van der Waals surface area contributed by atoms with E-state index in [1.54, 1.807) is 18.0 Å². The lowest BCUT2D eigenvalue weighted by molar-refractivity contribution is -0.137. The van der Waals surface area contributed by atoms with Crippen LogP contribution in [0, 0.1) is 0 Å². The Kier molecular flexibility index (Phi) is 10.6. The van der Waals surface area contributed by atoms with Crippen molar-refractivity contribution < 1.29 is 16.1 Å². The second-order valence-electron chi connectivity index (χ2n) is 5.63. The smallest absolute Gasteiger partial charge is 0.321 e. The fourth-order valence-corrected chi connectivity index (χ4v) is 3.16. The van der Waals surface area contributed by atoms with Crippen molar-refractivity contribution in [3.8, 4) is 5.75 Å². The van der Waals surface area contributed by atoms with E-state index >= 15 is 0 Å². The van der Waals surface area contributed by atoms with Crippen LogP contribution in [0.1, 0.15) is 7.85 Å². The van der Waals surface area contributed by atoms with Crippen molar-refractivity contribution >= 4 is 41.4 Å². The first-order valence-corrected chi connectivity index (χ1v) is 10.4. The van der Waals surface area contributed by atoms with Crippen molar-refractivity contribution in [1.82, 2.24) is 4.90 Å². The van der Waals surface area contributed by atoms with Gasteiger partial charge in [-0.05, 0) is 45.0 Å². The van der Waals surface area contributed by atoms with Crippen LogP contribution in [0.25, 0.3) is 0 Å². The maximum atomic E-state index is 10.6. The molecule has 1 unspecified atom stereocenters. The third-order valence-corrected chi connectivity index (χ3v) is 4.95. The summed E-state index contributed by atoms with van der Waals surface area (Å²) in [6.45, 7) is 1.69. The average molecular weight is 388 g/mol. The molecule has 0 heterocycles. The maximum absolute atomic E-state index is 10.6. The number of aliphatic carboxylic acids is 1. The average Bonchev–Trinajstić information content (AvgIpc) is 2.58. The number of rotatable bonds is 12. The van der Waals surface area contributed by atoms with E-state index in [1.807, 2.05) is 38.6 Å². The van der Waals surface area contributed by atoms with Crippen molar-refractivity contribution in [2.75, 3.05) is 45.0 Å². The Morgan fingerprint density at radius 3 is 2.92 bits per heavy atom. The van der Waals surface area contributed by atoms with Crippen molar-refractivity contribution in [3.63, 3.8) is 0 Å². The van der Waals surface area contributed by atoms with E-state index in [1.165, 1.54) is 11.8 Å². The molecule has 0 aliphatic heterocycles. The summed E-state index contributed by atoms with van der Waals surface area (Å²) in [6, 6.07) is 5.04. The summed E-state index contributed by atoms with van der Waals surface area (Å²) in [6.07, 6.45) is 4.77. The van der Waals surface area contributed by atoms with E-state index in [0.717, 1.165) is 29.3 Å². The number of carbonyl (C=O) groups is 1. The highest BCUT2D eigenvalue weighted by molar-refractivity contribution is 8.00. The molecule has 142 valence electrons. The van der Waals surface area contributed by atoms with Gasteiger partial charge >= 0.3 is 5.97 Å². The summed E-state index contributed by atoms with van der Waals surface area (Å²) in [4.78, 5) is 18.3. The number of carboxylic acids is 1. The largest absolute Gasteiger partial charge is 0.494 e. The first-order chi connectivity index (χ1) is 11.9. The summed E-state index contributed by atoms with van der Waals surface area (Å²) < 4.78 is 5.78. The number of nitrogens with two attached hydrogens (primary N) is 1. The molecule has 3 N–H and O–H groups in total. The second-order valence-corrected chi connectivity index (χ2v) is 7.56. The van der Waals surface area contributed by atoms with E-state index in [4.69, 9.17) is 15.6 Å². The number of ether oxygens (including phenoxy) is 1. The maximum Gasteiger partial charge on any atom is 0.321 e. The third-order valence-electron chi connectivity index (χ3n) is 3.21. The molecular weight excluding hydrogens is 358 g/mol. The molecule has 1 aromatic rings. The van der Waals surface area contributed by atoms with Crippen LogP contribution in [-0.4, -0.2) is 73.2 Å². The van der Waals surface area contributed by atoms with Gasteiger partial charge in [0.25, 0.3) is 0 Å². The summed E-state index contributed by atoms with van der Waals surface area (Å²) in [5, 5.41) is 8.73. The van der Waals surface area contributed by atoms with Gasteiger partial charge in [-0.15, -0.1) is 11.8 Å². The fraction of sp³-hybridized carbons (Fsp3) is 0.529. The number of aliphatic imine (C=N–C) groups is 1. The van der Waals surface area contributed by atoms with E-state index < -0.39 is 12.0 Å². The molecule has 8 heteroatoms. The van der Waals surface area contributed by atoms with Crippen LogP contribution in [0.3, 0.4) is 0 Å². The monoisotopic (exact) mass is 387 g/mol. The summed E-state index contributed by atoms with van der Waals surface area (Å²) in [7, 11) is 4.10. The van der Waals surface area contributed by atoms with Gasteiger partial charge in [-0.2, -0.15) is 11.8 Å². The van der Waals surface area contributed by atoms with Gasteiger partial charge in [0, 0.05) is 30.6 Å². The van der Waals surface area contributed by atoms with Crippen molar-refractivity contribution in [1.29, 1.82) is 0 Å². The van der Waals surface area contributed by atoms with Crippen LogP contribution in [0.4, 0.5) is 5.69 Å². The number of hydrogen-bond acceptors (Lipinski definition) is 7. The molecule has 0 aliphatic rings. The van der Waals surface area contributed by atoms with Gasteiger partial charge < -0.3 is 20.5 Å². The SMILES string of the molecule is CSc1cc(OCCCN(C)C)ccc1N=CCSCC(N)C(=O)O.[HH]. The van der Waals surface area contributed by atoms with Crippen LogP contribution in [0.5, 0.6) is 5.75 Å². The first kappa shape index (κ1) is 21.8. The normalized spacial score (nSPS) is 12.7. The highest BCUT2D eigenvalue weighted by Crippen LogP contribution is 2.31. The number of hydrogen-bond donors (Lipinski definition) is 2. The quantitative estimate of drug-likeness (QED) is 0.324. The number of thioether (sulfide) groups is 2. The predicted molar refractivity (Wildman–Crippen MR) is 110 cm³/mol. The molecule has 1 rings (SSSR count). The lowest BCUT2D eigenvalue weighted by atomic mass is 10.3. The Labute approximate surface area is 159 Å². The Bertz CT molecular complexity index is 574. The topological polar surface area (TPSA) is 88.1 Å². The Morgan fingerprint density at radius 1 is 1.52 bits per heavy atom. The van der Waals surface area contributed by atoms with Crippen LogP contribution in [0.15, 0.2) is 28.1 Å².